The summed E-state index contributed by atoms with van der Waals surface area (Å²) < 4.78 is 25.5. The fourth-order valence-corrected chi connectivity index (χ4v) is 2.10. The molecule has 0 radical (unpaired) electrons. The van der Waals surface area contributed by atoms with Crippen LogP contribution in [0.1, 0.15) is 12.8 Å². The van der Waals surface area contributed by atoms with Gasteiger partial charge in [0.2, 0.25) is 5.91 Å². The molecule has 1 aliphatic carbocycles. The van der Waals surface area contributed by atoms with Gasteiger partial charge in [-0.15, -0.1) is 11.8 Å². The van der Waals surface area contributed by atoms with Crippen LogP contribution in [0.15, 0.2) is 23.1 Å². The average Bonchev–Trinajstić information content (AvgIpc) is 3.12. The molecule has 1 aromatic carbocycles. The summed E-state index contributed by atoms with van der Waals surface area (Å²) in [4.78, 5) is 12.0. The number of amides is 1. The van der Waals surface area contributed by atoms with E-state index in [0.29, 0.717) is 10.8 Å². The third-order valence-corrected chi connectivity index (χ3v) is 3.54. The Morgan fingerprint density at radius 3 is 2.76 bits per heavy atom. The number of rotatable bonds is 5. The Hall–Kier alpha value is -1.10. The van der Waals surface area contributed by atoms with Gasteiger partial charge in [0, 0.05) is 11.4 Å². The van der Waals surface area contributed by atoms with Crippen LogP contribution < -0.4 is 5.32 Å². The SMILES string of the molecule is O=C(CSc1ccc(F)c(F)c1)NCC1CC1. The van der Waals surface area contributed by atoms with Gasteiger partial charge in [-0.3, -0.25) is 4.79 Å². The Balaban J connectivity index is 1.75. The third kappa shape index (κ3) is 4.00. The van der Waals surface area contributed by atoms with E-state index in [1.54, 1.807) is 0 Å². The Kier molecular flexibility index (Phi) is 3.99. The number of nitrogens with one attached hydrogen (secondary N) is 1. The lowest BCUT2D eigenvalue weighted by atomic mass is 10.3. The smallest absolute Gasteiger partial charge is 0.230 e. The highest BCUT2D eigenvalue weighted by Crippen LogP contribution is 2.27. The van der Waals surface area contributed by atoms with E-state index < -0.39 is 11.6 Å². The van der Waals surface area contributed by atoms with Crippen molar-refractivity contribution < 1.29 is 13.6 Å². The lowest BCUT2D eigenvalue weighted by molar-refractivity contribution is -0.118. The largest absolute Gasteiger partial charge is 0.355 e. The predicted octanol–water partition coefficient (Wildman–Crippen LogP) is 2.58. The Morgan fingerprint density at radius 2 is 2.12 bits per heavy atom. The van der Waals surface area contributed by atoms with Crippen molar-refractivity contribution in [2.45, 2.75) is 17.7 Å². The summed E-state index contributed by atoms with van der Waals surface area (Å²) in [6.07, 6.45) is 2.38. The number of hydrogen-bond donors (Lipinski definition) is 1. The molecular weight excluding hydrogens is 244 g/mol. The van der Waals surface area contributed by atoms with Crippen molar-refractivity contribution in [3.05, 3.63) is 29.8 Å². The van der Waals surface area contributed by atoms with Crippen molar-refractivity contribution in [2.75, 3.05) is 12.3 Å². The molecule has 0 aromatic heterocycles. The van der Waals surface area contributed by atoms with Crippen molar-refractivity contribution >= 4 is 17.7 Å². The van der Waals surface area contributed by atoms with E-state index in [0.717, 1.165) is 18.7 Å². The first-order chi connectivity index (χ1) is 8.15. The Morgan fingerprint density at radius 1 is 1.35 bits per heavy atom. The summed E-state index contributed by atoms with van der Waals surface area (Å²) in [6.45, 7) is 0.733. The Bertz CT molecular complexity index is 421. The lowest BCUT2D eigenvalue weighted by Crippen LogP contribution is -2.27. The van der Waals surface area contributed by atoms with Gasteiger partial charge in [-0.25, -0.2) is 8.78 Å². The molecule has 5 heteroatoms. The van der Waals surface area contributed by atoms with Crippen molar-refractivity contribution in [3.8, 4) is 0 Å². The van der Waals surface area contributed by atoms with Crippen LogP contribution in [-0.4, -0.2) is 18.2 Å². The van der Waals surface area contributed by atoms with Crippen LogP contribution in [0, 0.1) is 17.6 Å². The van der Waals surface area contributed by atoms with E-state index in [9.17, 15) is 13.6 Å². The molecule has 0 bridgehead atoms. The van der Waals surface area contributed by atoms with E-state index in [1.807, 2.05) is 0 Å². The predicted molar refractivity (Wildman–Crippen MR) is 62.8 cm³/mol. The van der Waals surface area contributed by atoms with Gasteiger partial charge in [0.05, 0.1) is 5.75 Å². The number of hydrogen-bond acceptors (Lipinski definition) is 2. The van der Waals surface area contributed by atoms with Crippen LogP contribution in [0.3, 0.4) is 0 Å². The standard InChI is InChI=1S/C12H13F2NOS/c13-10-4-3-9(5-11(10)14)17-7-12(16)15-6-8-1-2-8/h3-5,8H,1-2,6-7H2,(H,15,16). The first-order valence-corrected chi connectivity index (χ1v) is 6.48. The maximum atomic E-state index is 12.9. The van der Waals surface area contributed by atoms with Crippen LogP contribution in [0.5, 0.6) is 0 Å². The molecule has 1 amide bonds. The molecule has 1 aromatic rings. The molecule has 0 atom stereocenters. The maximum absolute atomic E-state index is 12.9. The van der Waals surface area contributed by atoms with Gasteiger partial charge < -0.3 is 5.32 Å². The molecule has 1 N–H and O–H groups in total. The Labute approximate surface area is 103 Å². The third-order valence-electron chi connectivity index (χ3n) is 2.55. The van der Waals surface area contributed by atoms with Crippen molar-refractivity contribution in [2.24, 2.45) is 5.92 Å². The molecule has 0 unspecified atom stereocenters. The molecule has 0 spiro atoms. The van der Waals surface area contributed by atoms with E-state index in [-0.39, 0.29) is 11.7 Å². The summed E-state index contributed by atoms with van der Waals surface area (Å²) in [5.41, 5.74) is 0. The minimum Gasteiger partial charge on any atom is -0.355 e. The normalized spacial score (nSPS) is 14.7. The first-order valence-electron chi connectivity index (χ1n) is 5.49. The van der Waals surface area contributed by atoms with Gasteiger partial charge in [0.25, 0.3) is 0 Å². The van der Waals surface area contributed by atoms with Gasteiger partial charge in [0.1, 0.15) is 0 Å². The monoisotopic (exact) mass is 257 g/mol. The maximum Gasteiger partial charge on any atom is 0.230 e. The van der Waals surface area contributed by atoms with Crippen LogP contribution in [0.25, 0.3) is 0 Å². The zero-order chi connectivity index (χ0) is 12.3. The van der Waals surface area contributed by atoms with Gasteiger partial charge in [-0.1, -0.05) is 0 Å². The summed E-state index contributed by atoms with van der Waals surface area (Å²) >= 11 is 1.20. The number of halogens is 2. The van der Waals surface area contributed by atoms with Gasteiger partial charge in [-0.2, -0.15) is 0 Å². The van der Waals surface area contributed by atoms with Crippen molar-refractivity contribution in [3.63, 3.8) is 0 Å². The molecule has 0 heterocycles. The second-order valence-corrected chi connectivity index (χ2v) is 5.16. The summed E-state index contributed by atoms with van der Waals surface area (Å²) in [5, 5.41) is 2.81. The molecule has 1 aliphatic rings. The second-order valence-electron chi connectivity index (χ2n) is 4.11. The van der Waals surface area contributed by atoms with Crippen LogP contribution in [-0.2, 0) is 4.79 Å². The molecule has 0 saturated heterocycles. The van der Waals surface area contributed by atoms with E-state index in [1.165, 1.54) is 30.7 Å². The van der Waals surface area contributed by atoms with Crippen LogP contribution in [0.4, 0.5) is 8.78 Å². The quantitative estimate of drug-likeness (QED) is 0.821. The number of benzene rings is 1. The van der Waals surface area contributed by atoms with Crippen LogP contribution >= 0.6 is 11.8 Å². The molecule has 2 nitrogen and oxygen atoms in total. The lowest BCUT2D eigenvalue weighted by Gasteiger charge is -2.04. The van der Waals surface area contributed by atoms with Gasteiger partial charge in [0.15, 0.2) is 11.6 Å². The molecule has 17 heavy (non-hydrogen) atoms. The molecule has 2 rings (SSSR count). The van der Waals surface area contributed by atoms with E-state index in [4.69, 9.17) is 0 Å². The second kappa shape index (κ2) is 5.49. The highest BCUT2D eigenvalue weighted by atomic mass is 32.2. The summed E-state index contributed by atoms with van der Waals surface area (Å²) in [6, 6.07) is 3.64. The van der Waals surface area contributed by atoms with Crippen molar-refractivity contribution in [1.82, 2.24) is 5.32 Å². The topological polar surface area (TPSA) is 29.1 Å². The van der Waals surface area contributed by atoms with Gasteiger partial charge in [-0.05, 0) is 37.0 Å². The molecule has 1 saturated carbocycles. The molecule has 1 fully saturated rings. The molecule has 92 valence electrons. The summed E-state index contributed by atoms with van der Waals surface area (Å²) in [5.74, 6) is -0.933. The van der Waals surface area contributed by atoms with Crippen molar-refractivity contribution in [1.29, 1.82) is 0 Å². The van der Waals surface area contributed by atoms with E-state index in [2.05, 4.69) is 5.32 Å². The zero-order valence-electron chi connectivity index (χ0n) is 9.21. The highest BCUT2D eigenvalue weighted by molar-refractivity contribution is 8.00. The van der Waals surface area contributed by atoms with E-state index >= 15 is 0 Å². The fourth-order valence-electron chi connectivity index (χ4n) is 1.35. The highest BCUT2D eigenvalue weighted by Gasteiger charge is 2.21. The minimum atomic E-state index is -0.881. The van der Waals surface area contributed by atoms with Gasteiger partial charge >= 0.3 is 0 Å². The number of thioether (sulfide) groups is 1. The number of carbonyl (C=O) groups is 1. The zero-order valence-corrected chi connectivity index (χ0v) is 10.0. The molecule has 0 aliphatic heterocycles. The number of carbonyl (C=O) groups excluding carboxylic acids is 1. The first kappa shape index (κ1) is 12.4. The average molecular weight is 257 g/mol. The molecular formula is C12H13F2NOS. The fraction of sp³-hybridized carbons (Fsp3) is 0.417. The minimum absolute atomic E-state index is 0.0633. The van der Waals surface area contributed by atoms with Crippen LogP contribution in [0.2, 0.25) is 0 Å². The summed E-state index contributed by atoms with van der Waals surface area (Å²) in [7, 11) is 0.